The highest BCUT2D eigenvalue weighted by Gasteiger charge is 2.34. The molecule has 5 nitrogen and oxygen atoms in total. The molecule has 0 aromatic heterocycles. The Morgan fingerprint density at radius 1 is 1.33 bits per heavy atom. The second kappa shape index (κ2) is 8.59. The quantitative estimate of drug-likeness (QED) is 0.800. The van der Waals surface area contributed by atoms with Crippen LogP contribution in [0.2, 0.25) is 0 Å². The standard InChI is InChI=1S/C15H27N3O2.ClH/c1-3-5-11(2)17-14(19)12-6-4-7-18(10-12)15(20)13-8-16-9-13;/h11-13,16H,3-10H2,1-2H3,(H,17,19);1H. The van der Waals surface area contributed by atoms with Crippen molar-refractivity contribution in [3.63, 3.8) is 0 Å². The lowest BCUT2D eigenvalue weighted by Gasteiger charge is -2.37. The first kappa shape index (κ1) is 18.2. The molecule has 2 heterocycles. The van der Waals surface area contributed by atoms with E-state index in [1.54, 1.807) is 0 Å². The SMILES string of the molecule is CCCC(C)NC(=O)C1CCCN(C(=O)C2CNC2)C1.Cl. The van der Waals surface area contributed by atoms with Crippen LogP contribution in [0.15, 0.2) is 0 Å². The van der Waals surface area contributed by atoms with Gasteiger partial charge in [-0.25, -0.2) is 0 Å². The van der Waals surface area contributed by atoms with Gasteiger partial charge in [-0.2, -0.15) is 0 Å². The summed E-state index contributed by atoms with van der Waals surface area (Å²) in [5.41, 5.74) is 0. The number of carbonyl (C=O) groups excluding carboxylic acids is 2. The molecule has 2 aliphatic heterocycles. The largest absolute Gasteiger partial charge is 0.353 e. The molecule has 122 valence electrons. The molecular formula is C15H28ClN3O2. The summed E-state index contributed by atoms with van der Waals surface area (Å²) in [7, 11) is 0. The maximum atomic E-state index is 12.2. The molecule has 2 N–H and O–H groups in total. The van der Waals surface area contributed by atoms with Crippen molar-refractivity contribution in [2.75, 3.05) is 26.2 Å². The zero-order valence-electron chi connectivity index (χ0n) is 13.1. The van der Waals surface area contributed by atoms with E-state index in [0.29, 0.717) is 6.54 Å². The Morgan fingerprint density at radius 2 is 2.05 bits per heavy atom. The predicted molar refractivity (Wildman–Crippen MR) is 85.4 cm³/mol. The maximum Gasteiger partial charge on any atom is 0.228 e. The van der Waals surface area contributed by atoms with Crippen molar-refractivity contribution >= 4 is 24.2 Å². The van der Waals surface area contributed by atoms with Crippen LogP contribution >= 0.6 is 12.4 Å². The average Bonchev–Trinajstić information content (AvgIpc) is 2.37. The fourth-order valence-corrected chi connectivity index (χ4v) is 2.98. The second-order valence-corrected chi connectivity index (χ2v) is 6.18. The van der Waals surface area contributed by atoms with Gasteiger partial charge in [0.15, 0.2) is 0 Å². The molecule has 0 aromatic rings. The Labute approximate surface area is 133 Å². The van der Waals surface area contributed by atoms with Crippen LogP contribution in [-0.4, -0.2) is 48.9 Å². The van der Waals surface area contributed by atoms with Crippen molar-refractivity contribution in [2.24, 2.45) is 11.8 Å². The van der Waals surface area contributed by atoms with E-state index in [9.17, 15) is 9.59 Å². The molecule has 2 atom stereocenters. The topological polar surface area (TPSA) is 61.4 Å². The highest BCUT2D eigenvalue weighted by molar-refractivity contribution is 5.85. The first-order chi connectivity index (χ1) is 9.61. The molecule has 2 amide bonds. The number of nitrogens with zero attached hydrogens (tertiary/aromatic N) is 1. The van der Waals surface area contributed by atoms with Crippen LogP contribution in [0.3, 0.4) is 0 Å². The molecular weight excluding hydrogens is 290 g/mol. The van der Waals surface area contributed by atoms with Crippen LogP contribution in [0.4, 0.5) is 0 Å². The number of rotatable bonds is 5. The van der Waals surface area contributed by atoms with Crippen LogP contribution < -0.4 is 10.6 Å². The van der Waals surface area contributed by atoms with Gasteiger partial charge in [0.25, 0.3) is 0 Å². The number of hydrogen-bond donors (Lipinski definition) is 2. The molecule has 2 rings (SSSR count). The Hall–Kier alpha value is -0.810. The molecule has 2 fully saturated rings. The maximum absolute atomic E-state index is 12.2. The minimum atomic E-state index is -0.0277. The Kier molecular flexibility index (Phi) is 7.46. The summed E-state index contributed by atoms with van der Waals surface area (Å²) in [6.45, 7) is 7.16. The number of nitrogens with one attached hydrogen (secondary N) is 2. The van der Waals surface area contributed by atoms with Crippen LogP contribution in [0.5, 0.6) is 0 Å². The van der Waals surface area contributed by atoms with Crippen molar-refractivity contribution in [1.29, 1.82) is 0 Å². The van der Waals surface area contributed by atoms with Gasteiger partial charge in [-0.1, -0.05) is 13.3 Å². The van der Waals surface area contributed by atoms with Gasteiger partial charge in [0.05, 0.1) is 11.8 Å². The highest BCUT2D eigenvalue weighted by Crippen LogP contribution is 2.20. The fourth-order valence-electron chi connectivity index (χ4n) is 2.98. The lowest BCUT2D eigenvalue weighted by atomic mass is 9.94. The van der Waals surface area contributed by atoms with E-state index in [0.717, 1.165) is 45.3 Å². The molecule has 2 aliphatic rings. The molecule has 0 aromatic carbocycles. The number of hydrogen-bond acceptors (Lipinski definition) is 3. The molecule has 0 aliphatic carbocycles. The molecule has 2 unspecified atom stereocenters. The van der Waals surface area contributed by atoms with Gasteiger partial charge in [-0.15, -0.1) is 12.4 Å². The zero-order chi connectivity index (χ0) is 14.5. The van der Waals surface area contributed by atoms with Crippen molar-refractivity contribution in [3.8, 4) is 0 Å². The van der Waals surface area contributed by atoms with E-state index < -0.39 is 0 Å². The number of amides is 2. The van der Waals surface area contributed by atoms with Crippen LogP contribution in [-0.2, 0) is 9.59 Å². The molecule has 21 heavy (non-hydrogen) atoms. The normalized spacial score (nSPS) is 23.7. The smallest absolute Gasteiger partial charge is 0.228 e. The van der Waals surface area contributed by atoms with Gasteiger partial charge >= 0.3 is 0 Å². The third kappa shape index (κ3) is 4.85. The van der Waals surface area contributed by atoms with E-state index in [2.05, 4.69) is 17.6 Å². The first-order valence-electron chi connectivity index (χ1n) is 7.91. The lowest BCUT2D eigenvalue weighted by molar-refractivity contribution is -0.140. The average molecular weight is 318 g/mol. The van der Waals surface area contributed by atoms with Gasteiger partial charge in [-0.05, 0) is 26.2 Å². The van der Waals surface area contributed by atoms with E-state index >= 15 is 0 Å². The number of halogens is 1. The molecule has 6 heteroatoms. The number of likely N-dealkylation sites (tertiary alicyclic amines) is 1. The molecule has 0 saturated carbocycles. The third-order valence-electron chi connectivity index (χ3n) is 4.34. The molecule has 0 spiro atoms. The predicted octanol–water partition coefficient (Wildman–Crippen LogP) is 1.17. The van der Waals surface area contributed by atoms with E-state index in [-0.39, 0.29) is 42.1 Å². The first-order valence-corrected chi connectivity index (χ1v) is 7.91. The third-order valence-corrected chi connectivity index (χ3v) is 4.34. The summed E-state index contributed by atoms with van der Waals surface area (Å²) in [5, 5.41) is 6.21. The number of carbonyl (C=O) groups is 2. The van der Waals surface area contributed by atoms with Gasteiger partial charge in [0, 0.05) is 32.2 Å². The van der Waals surface area contributed by atoms with E-state index in [1.165, 1.54) is 0 Å². The van der Waals surface area contributed by atoms with Crippen molar-refractivity contribution in [3.05, 3.63) is 0 Å². The summed E-state index contributed by atoms with van der Waals surface area (Å²) >= 11 is 0. The minimum absolute atomic E-state index is 0. The van der Waals surface area contributed by atoms with Crippen LogP contribution in [0.1, 0.15) is 39.5 Å². The van der Waals surface area contributed by atoms with Gasteiger partial charge in [-0.3, -0.25) is 9.59 Å². The fraction of sp³-hybridized carbons (Fsp3) is 0.867. The van der Waals surface area contributed by atoms with Gasteiger partial charge < -0.3 is 15.5 Å². The minimum Gasteiger partial charge on any atom is -0.353 e. The van der Waals surface area contributed by atoms with E-state index in [1.807, 2.05) is 11.8 Å². The highest BCUT2D eigenvalue weighted by atomic mass is 35.5. The van der Waals surface area contributed by atoms with Gasteiger partial charge in [0.1, 0.15) is 0 Å². The van der Waals surface area contributed by atoms with Gasteiger partial charge in [0.2, 0.25) is 11.8 Å². The summed E-state index contributed by atoms with van der Waals surface area (Å²) in [5.74, 6) is 0.453. The molecule has 0 radical (unpaired) electrons. The zero-order valence-corrected chi connectivity index (χ0v) is 13.9. The van der Waals surface area contributed by atoms with Crippen molar-refractivity contribution < 1.29 is 9.59 Å². The number of piperidine rings is 1. The summed E-state index contributed by atoms with van der Waals surface area (Å²) in [6.07, 6.45) is 3.92. The Bertz CT molecular complexity index is 361. The van der Waals surface area contributed by atoms with Crippen LogP contribution in [0, 0.1) is 11.8 Å². The Balaban J connectivity index is 0.00000220. The Morgan fingerprint density at radius 3 is 2.62 bits per heavy atom. The van der Waals surface area contributed by atoms with Crippen molar-refractivity contribution in [2.45, 2.75) is 45.6 Å². The summed E-state index contributed by atoms with van der Waals surface area (Å²) in [4.78, 5) is 26.4. The van der Waals surface area contributed by atoms with Crippen LogP contribution in [0.25, 0.3) is 0 Å². The van der Waals surface area contributed by atoms with E-state index in [4.69, 9.17) is 0 Å². The summed E-state index contributed by atoms with van der Waals surface area (Å²) < 4.78 is 0. The molecule has 0 bridgehead atoms. The lowest BCUT2D eigenvalue weighted by Crippen LogP contribution is -2.55. The van der Waals surface area contributed by atoms with Crippen molar-refractivity contribution in [1.82, 2.24) is 15.5 Å². The monoisotopic (exact) mass is 317 g/mol. The second-order valence-electron chi connectivity index (χ2n) is 6.18. The molecule has 2 saturated heterocycles. The summed E-state index contributed by atoms with van der Waals surface area (Å²) in [6, 6.07) is 0.231.